The van der Waals surface area contributed by atoms with Gasteiger partial charge in [0.15, 0.2) is 17.6 Å². The molecule has 1 aromatic carbocycles. The van der Waals surface area contributed by atoms with Gasteiger partial charge in [-0.3, -0.25) is 0 Å². The molecule has 1 aromatic rings. The quantitative estimate of drug-likeness (QED) is 0.667. The number of methoxy groups -OCH3 is 2. The first-order valence-corrected chi connectivity index (χ1v) is 9.65. The van der Waals surface area contributed by atoms with Gasteiger partial charge in [-0.1, -0.05) is 6.07 Å². The van der Waals surface area contributed by atoms with E-state index in [2.05, 4.69) is 4.74 Å². The van der Waals surface area contributed by atoms with E-state index in [9.17, 15) is 15.0 Å². The monoisotopic (exact) mass is 410 g/mol. The lowest BCUT2D eigenvalue weighted by Crippen LogP contribution is -2.53. The van der Waals surface area contributed by atoms with Gasteiger partial charge in [0.1, 0.15) is 6.10 Å². The summed E-state index contributed by atoms with van der Waals surface area (Å²) in [6, 6.07) is 5.52. The van der Waals surface area contributed by atoms with Crippen molar-refractivity contribution in [3.8, 4) is 11.5 Å². The van der Waals surface area contributed by atoms with E-state index in [0.29, 0.717) is 43.2 Å². The van der Waals surface area contributed by atoms with Crippen molar-refractivity contribution in [2.24, 2.45) is 11.8 Å². The number of fused-ring (bicyclic) bond motifs is 1. The standard InChI is InChI=1S/C20H26O9/c1-24-14-4-3-10(18-12-9-26-7-11(12)8-27-18)5-15(14)28-16-6-13(21)17(22)19(29-16)20(23)25-2/h3-5,11-13,16-19,21-22H,6-9H2,1-2H3/t11?,12?,13-,16?,17+,18-,19+/m0/s1. The molecule has 0 saturated carbocycles. The molecule has 4 rings (SSSR count). The minimum atomic E-state index is -1.39. The van der Waals surface area contributed by atoms with Crippen molar-refractivity contribution in [1.82, 2.24) is 0 Å². The zero-order valence-corrected chi connectivity index (χ0v) is 16.4. The Kier molecular flexibility index (Phi) is 5.93. The second-order valence-electron chi connectivity index (χ2n) is 7.55. The Hall–Kier alpha value is -1.91. The summed E-state index contributed by atoms with van der Waals surface area (Å²) in [6.07, 6.45) is -4.99. The van der Waals surface area contributed by atoms with Crippen molar-refractivity contribution in [3.05, 3.63) is 23.8 Å². The summed E-state index contributed by atoms with van der Waals surface area (Å²) in [5.74, 6) is 0.781. The zero-order chi connectivity index (χ0) is 20.5. The molecule has 3 unspecified atom stereocenters. The summed E-state index contributed by atoms with van der Waals surface area (Å²) in [6.45, 7) is 2.04. The van der Waals surface area contributed by atoms with Gasteiger partial charge < -0.3 is 38.6 Å². The molecule has 0 bridgehead atoms. The molecular weight excluding hydrogens is 384 g/mol. The fourth-order valence-corrected chi connectivity index (χ4v) is 4.14. The molecule has 9 heteroatoms. The molecule has 3 heterocycles. The van der Waals surface area contributed by atoms with Gasteiger partial charge >= 0.3 is 5.97 Å². The third kappa shape index (κ3) is 3.93. The predicted octanol–water partition coefficient (Wildman–Crippen LogP) is 0.418. The Labute approximate surface area is 168 Å². The van der Waals surface area contributed by atoms with E-state index in [-0.39, 0.29) is 12.5 Å². The normalized spacial score (nSPS) is 36.5. The number of esters is 1. The Morgan fingerprint density at radius 1 is 1.14 bits per heavy atom. The van der Waals surface area contributed by atoms with Crippen LogP contribution in [0.25, 0.3) is 0 Å². The van der Waals surface area contributed by atoms with E-state index in [1.165, 1.54) is 14.2 Å². The zero-order valence-electron chi connectivity index (χ0n) is 16.4. The highest BCUT2D eigenvalue weighted by Gasteiger charge is 2.44. The van der Waals surface area contributed by atoms with Gasteiger partial charge in [-0.15, -0.1) is 0 Å². The number of benzene rings is 1. The van der Waals surface area contributed by atoms with Gasteiger partial charge in [0, 0.05) is 18.3 Å². The molecule has 9 nitrogen and oxygen atoms in total. The van der Waals surface area contributed by atoms with Crippen molar-refractivity contribution in [3.63, 3.8) is 0 Å². The maximum Gasteiger partial charge on any atom is 0.337 e. The first-order valence-electron chi connectivity index (χ1n) is 9.65. The van der Waals surface area contributed by atoms with Crippen LogP contribution in [0.15, 0.2) is 18.2 Å². The van der Waals surface area contributed by atoms with Crippen molar-refractivity contribution in [2.45, 2.75) is 37.1 Å². The molecule has 3 fully saturated rings. The Morgan fingerprint density at radius 3 is 2.72 bits per heavy atom. The predicted molar refractivity (Wildman–Crippen MR) is 97.4 cm³/mol. The molecule has 0 radical (unpaired) electrons. The molecule has 3 saturated heterocycles. The van der Waals surface area contributed by atoms with E-state index in [1.54, 1.807) is 6.07 Å². The highest BCUT2D eigenvalue weighted by atomic mass is 16.7. The van der Waals surface area contributed by atoms with Crippen molar-refractivity contribution in [1.29, 1.82) is 0 Å². The number of hydrogen-bond donors (Lipinski definition) is 2. The Bertz CT molecular complexity index is 739. The first-order chi connectivity index (χ1) is 14.0. The molecule has 0 amide bonds. The van der Waals surface area contributed by atoms with Crippen LogP contribution in [0.2, 0.25) is 0 Å². The minimum Gasteiger partial charge on any atom is -0.493 e. The number of aliphatic hydroxyl groups excluding tert-OH is 2. The summed E-state index contributed by atoms with van der Waals surface area (Å²) < 4.78 is 33.0. The summed E-state index contributed by atoms with van der Waals surface area (Å²) >= 11 is 0. The van der Waals surface area contributed by atoms with Gasteiger partial charge in [0.25, 0.3) is 0 Å². The maximum absolute atomic E-state index is 11.9. The number of ether oxygens (including phenoxy) is 6. The lowest BCUT2D eigenvalue weighted by atomic mass is 9.90. The Morgan fingerprint density at radius 2 is 1.97 bits per heavy atom. The van der Waals surface area contributed by atoms with Crippen LogP contribution in [0.3, 0.4) is 0 Å². The van der Waals surface area contributed by atoms with Gasteiger partial charge in [-0.2, -0.15) is 0 Å². The van der Waals surface area contributed by atoms with Crippen LogP contribution in [0.1, 0.15) is 18.1 Å². The second kappa shape index (κ2) is 8.45. The van der Waals surface area contributed by atoms with E-state index >= 15 is 0 Å². The number of carbonyl (C=O) groups excluding carboxylic acids is 1. The van der Waals surface area contributed by atoms with E-state index in [4.69, 9.17) is 23.7 Å². The highest BCUT2D eigenvalue weighted by molar-refractivity contribution is 5.75. The third-order valence-electron chi connectivity index (χ3n) is 5.77. The fraction of sp³-hybridized carbons (Fsp3) is 0.650. The summed E-state index contributed by atoms with van der Waals surface area (Å²) in [7, 11) is 2.70. The molecule has 160 valence electrons. The number of carbonyl (C=O) groups is 1. The molecule has 0 spiro atoms. The molecular formula is C20H26O9. The van der Waals surface area contributed by atoms with Gasteiger partial charge in [-0.05, 0) is 17.7 Å². The number of aliphatic hydroxyl groups is 2. The van der Waals surface area contributed by atoms with Gasteiger partial charge in [0.2, 0.25) is 6.29 Å². The maximum atomic E-state index is 11.9. The van der Waals surface area contributed by atoms with Crippen LogP contribution in [0.5, 0.6) is 11.5 Å². The SMILES string of the molecule is COC(=O)[C@@H]1OC(Oc2cc([C@@H]3OCC4COCC43)ccc2OC)C[C@H](O)[C@H]1O. The molecule has 0 aromatic heterocycles. The minimum absolute atomic E-state index is 0.0134. The van der Waals surface area contributed by atoms with Gasteiger partial charge in [0.05, 0.1) is 46.2 Å². The lowest BCUT2D eigenvalue weighted by molar-refractivity contribution is -0.230. The molecule has 3 aliphatic heterocycles. The fourth-order valence-electron chi connectivity index (χ4n) is 4.14. The van der Waals surface area contributed by atoms with Crippen LogP contribution < -0.4 is 9.47 Å². The van der Waals surface area contributed by atoms with Crippen LogP contribution in [-0.2, 0) is 23.7 Å². The van der Waals surface area contributed by atoms with Crippen molar-refractivity contribution >= 4 is 5.97 Å². The molecule has 0 aliphatic carbocycles. The smallest absolute Gasteiger partial charge is 0.337 e. The van der Waals surface area contributed by atoms with Crippen LogP contribution in [0.4, 0.5) is 0 Å². The molecule has 7 atom stereocenters. The van der Waals surface area contributed by atoms with E-state index in [1.807, 2.05) is 12.1 Å². The average molecular weight is 410 g/mol. The molecule has 29 heavy (non-hydrogen) atoms. The summed E-state index contributed by atoms with van der Waals surface area (Å²) in [4.78, 5) is 11.9. The molecule has 3 aliphatic rings. The topological polar surface area (TPSA) is 113 Å². The number of hydrogen-bond acceptors (Lipinski definition) is 9. The third-order valence-corrected chi connectivity index (χ3v) is 5.77. The second-order valence-corrected chi connectivity index (χ2v) is 7.55. The van der Waals surface area contributed by atoms with Crippen LogP contribution >= 0.6 is 0 Å². The molecule has 2 N–H and O–H groups in total. The van der Waals surface area contributed by atoms with Crippen LogP contribution in [-0.4, -0.2) is 74.8 Å². The van der Waals surface area contributed by atoms with Crippen molar-refractivity contribution in [2.75, 3.05) is 34.0 Å². The largest absolute Gasteiger partial charge is 0.493 e. The highest BCUT2D eigenvalue weighted by Crippen LogP contribution is 2.44. The number of rotatable bonds is 5. The average Bonchev–Trinajstić information content (AvgIpc) is 3.34. The van der Waals surface area contributed by atoms with Gasteiger partial charge in [-0.25, -0.2) is 4.79 Å². The van der Waals surface area contributed by atoms with E-state index < -0.39 is 30.6 Å². The Balaban J connectivity index is 1.53. The van der Waals surface area contributed by atoms with Crippen molar-refractivity contribution < 1.29 is 43.4 Å². The van der Waals surface area contributed by atoms with E-state index in [0.717, 1.165) is 5.56 Å². The summed E-state index contributed by atoms with van der Waals surface area (Å²) in [5.41, 5.74) is 0.930. The lowest BCUT2D eigenvalue weighted by Gasteiger charge is -2.35. The summed E-state index contributed by atoms with van der Waals surface area (Å²) in [5, 5.41) is 20.1. The first kappa shape index (κ1) is 20.4. The van der Waals surface area contributed by atoms with Crippen LogP contribution in [0, 0.1) is 11.8 Å².